The summed E-state index contributed by atoms with van der Waals surface area (Å²) in [6.07, 6.45) is -1.11. The highest BCUT2D eigenvalue weighted by Gasteiger charge is 2.23. The van der Waals surface area contributed by atoms with Crippen LogP contribution in [0.25, 0.3) is 0 Å². The molecule has 4 nitrogen and oxygen atoms in total. The zero-order chi connectivity index (χ0) is 18.4. The van der Waals surface area contributed by atoms with Crippen LogP contribution in [-0.2, 0) is 0 Å². The molecule has 0 aliphatic carbocycles. The van der Waals surface area contributed by atoms with E-state index in [1.165, 1.54) is 12.1 Å². The molecule has 0 aliphatic heterocycles. The number of amides is 1. The van der Waals surface area contributed by atoms with Gasteiger partial charge in [-0.25, -0.2) is 4.39 Å². The zero-order valence-electron chi connectivity index (χ0n) is 13.9. The average molecular weight is 348 g/mol. The first-order chi connectivity index (χ1) is 12.6. The van der Waals surface area contributed by atoms with Gasteiger partial charge in [-0.15, -0.1) is 0 Å². The Bertz CT molecular complexity index is 898. The van der Waals surface area contributed by atoms with Crippen molar-refractivity contribution in [3.8, 4) is 0 Å². The van der Waals surface area contributed by atoms with Crippen LogP contribution in [0.4, 0.5) is 10.1 Å². The second-order valence-electron chi connectivity index (χ2n) is 5.63. The predicted molar refractivity (Wildman–Crippen MR) is 98.5 cm³/mol. The van der Waals surface area contributed by atoms with E-state index in [-0.39, 0.29) is 11.5 Å². The lowest BCUT2D eigenvalue weighted by molar-refractivity contribution is 0.0869. The number of nitrogens with one attached hydrogen (secondary N) is 2. The Kier molecular flexibility index (Phi) is 5.39. The van der Waals surface area contributed by atoms with Gasteiger partial charge in [0, 0.05) is 11.1 Å². The molecular weight excluding hydrogens is 331 g/mol. The molecule has 0 aromatic heterocycles. The monoisotopic (exact) mass is 348 g/mol. The number of carbonyl (C=O) groups is 2. The Labute approximate surface area is 150 Å². The van der Waals surface area contributed by atoms with Crippen molar-refractivity contribution in [3.63, 3.8) is 0 Å². The van der Waals surface area contributed by atoms with Crippen molar-refractivity contribution >= 4 is 17.4 Å². The summed E-state index contributed by atoms with van der Waals surface area (Å²) in [6.45, 7) is 0. The van der Waals surface area contributed by atoms with Gasteiger partial charge in [-0.3, -0.25) is 9.59 Å². The van der Waals surface area contributed by atoms with Crippen LogP contribution in [0.5, 0.6) is 0 Å². The number of ketones is 1. The quantitative estimate of drug-likeness (QED) is 0.525. The third-order valence-corrected chi connectivity index (χ3v) is 3.81. The number of para-hydroxylation sites is 1. The Hall–Kier alpha value is -3.47. The SMILES string of the molecule is O=C(N[C@@H](Nc1ccccc1F)C(=O)c1ccccc1)c1ccccc1. The molecule has 0 heterocycles. The van der Waals surface area contributed by atoms with Crippen LogP contribution in [0, 0.1) is 5.82 Å². The molecule has 2 N–H and O–H groups in total. The van der Waals surface area contributed by atoms with Crippen LogP contribution >= 0.6 is 0 Å². The lowest BCUT2D eigenvalue weighted by Crippen LogP contribution is -2.46. The molecule has 3 aromatic rings. The molecule has 1 amide bonds. The molecule has 3 aromatic carbocycles. The van der Waals surface area contributed by atoms with Crippen LogP contribution in [0.2, 0.25) is 0 Å². The van der Waals surface area contributed by atoms with Crippen LogP contribution in [-0.4, -0.2) is 17.9 Å². The number of hydrogen-bond donors (Lipinski definition) is 2. The maximum atomic E-state index is 14.0. The molecule has 0 saturated carbocycles. The summed E-state index contributed by atoms with van der Waals surface area (Å²) in [7, 11) is 0. The molecule has 26 heavy (non-hydrogen) atoms. The second-order valence-corrected chi connectivity index (χ2v) is 5.63. The van der Waals surface area contributed by atoms with Crippen LogP contribution in [0.3, 0.4) is 0 Å². The highest BCUT2D eigenvalue weighted by molar-refractivity contribution is 6.05. The zero-order valence-corrected chi connectivity index (χ0v) is 13.9. The molecule has 0 spiro atoms. The molecule has 1 atom stereocenters. The summed E-state index contributed by atoms with van der Waals surface area (Å²) < 4.78 is 14.0. The number of Topliss-reactive ketones (excluding diaryl/α,β-unsaturated/α-hetero) is 1. The number of anilines is 1. The predicted octanol–water partition coefficient (Wildman–Crippen LogP) is 3.88. The fraction of sp³-hybridized carbons (Fsp3) is 0.0476. The van der Waals surface area contributed by atoms with Crippen LogP contribution in [0.1, 0.15) is 20.7 Å². The van der Waals surface area contributed by atoms with E-state index in [0.29, 0.717) is 11.1 Å². The van der Waals surface area contributed by atoms with E-state index in [1.54, 1.807) is 72.8 Å². The number of rotatable bonds is 6. The fourth-order valence-corrected chi connectivity index (χ4v) is 2.47. The van der Waals surface area contributed by atoms with E-state index >= 15 is 0 Å². The van der Waals surface area contributed by atoms with Gasteiger partial charge in [0.2, 0.25) is 5.78 Å². The van der Waals surface area contributed by atoms with Gasteiger partial charge in [-0.1, -0.05) is 60.7 Å². The average Bonchev–Trinajstić information content (AvgIpc) is 2.70. The molecular formula is C21H17FN2O2. The smallest absolute Gasteiger partial charge is 0.253 e. The summed E-state index contributed by atoms with van der Waals surface area (Å²) >= 11 is 0. The van der Waals surface area contributed by atoms with Crippen molar-refractivity contribution in [1.82, 2.24) is 5.32 Å². The van der Waals surface area contributed by atoms with Crippen molar-refractivity contribution in [1.29, 1.82) is 0 Å². The second kappa shape index (κ2) is 8.07. The van der Waals surface area contributed by atoms with Gasteiger partial charge < -0.3 is 10.6 Å². The Morgan fingerprint density at radius 3 is 1.88 bits per heavy atom. The molecule has 0 radical (unpaired) electrons. The Morgan fingerprint density at radius 1 is 0.731 bits per heavy atom. The lowest BCUT2D eigenvalue weighted by atomic mass is 10.1. The Morgan fingerprint density at radius 2 is 1.27 bits per heavy atom. The number of hydrogen-bond acceptors (Lipinski definition) is 3. The van der Waals surface area contributed by atoms with Crippen molar-refractivity contribution in [2.75, 3.05) is 5.32 Å². The van der Waals surface area contributed by atoms with Gasteiger partial charge in [0.1, 0.15) is 5.82 Å². The van der Waals surface area contributed by atoms with Gasteiger partial charge in [-0.2, -0.15) is 0 Å². The molecule has 130 valence electrons. The molecule has 3 rings (SSSR count). The largest absolute Gasteiger partial charge is 0.356 e. The molecule has 5 heteroatoms. The standard InChI is InChI=1S/C21H17FN2O2/c22-17-13-7-8-14-18(17)23-20(19(25)15-9-3-1-4-10-15)24-21(26)16-11-5-2-6-12-16/h1-14,20,23H,(H,24,26)/t20-/m1/s1. The number of benzene rings is 3. The van der Waals surface area contributed by atoms with Gasteiger partial charge in [0.25, 0.3) is 5.91 Å². The first-order valence-corrected chi connectivity index (χ1v) is 8.11. The van der Waals surface area contributed by atoms with Crippen molar-refractivity contribution in [2.24, 2.45) is 0 Å². The molecule has 0 unspecified atom stereocenters. The van der Waals surface area contributed by atoms with Gasteiger partial charge in [0.15, 0.2) is 6.17 Å². The number of carbonyl (C=O) groups excluding carboxylic acids is 2. The first kappa shape index (κ1) is 17.4. The summed E-state index contributed by atoms with van der Waals surface area (Å²) in [6, 6.07) is 23.1. The van der Waals surface area contributed by atoms with E-state index in [2.05, 4.69) is 10.6 Å². The summed E-state index contributed by atoms with van der Waals surface area (Å²) in [5.41, 5.74) is 0.957. The van der Waals surface area contributed by atoms with E-state index in [4.69, 9.17) is 0 Å². The molecule has 0 aliphatic rings. The maximum absolute atomic E-state index is 14.0. The minimum Gasteiger partial charge on any atom is -0.356 e. The van der Waals surface area contributed by atoms with Crippen LogP contribution in [0.15, 0.2) is 84.9 Å². The topological polar surface area (TPSA) is 58.2 Å². The minimum absolute atomic E-state index is 0.134. The maximum Gasteiger partial charge on any atom is 0.253 e. The third kappa shape index (κ3) is 4.13. The van der Waals surface area contributed by atoms with Gasteiger partial charge >= 0.3 is 0 Å². The lowest BCUT2D eigenvalue weighted by Gasteiger charge is -2.21. The first-order valence-electron chi connectivity index (χ1n) is 8.11. The number of halogens is 1. The van der Waals surface area contributed by atoms with Crippen LogP contribution < -0.4 is 10.6 Å². The molecule has 0 saturated heterocycles. The van der Waals surface area contributed by atoms with E-state index in [0.717, 1.165) is 0 Å². The molecule has 0 bridgehead atoms. The van der Waals surface area contributed by atoms with Crippen molar-refractivity contribution < 1.29 is 14.0 Å². The van der Waals surface area contributed by atoms with E-state index in [1.807, 2.05) is 0 Å². The highest BCUT2D eigenvalue weighted by atomic mass is 19.1. The summed E-state index contributed by atoms with van der Waals surface area (Å²) in [5.74, 6) is -1.30. The third-order valence-electron chi connectivity index (χ3n) is 3.81. The van der Waals surface area contributed by atoms with Crippen molar-refractivity contribution in [2.45, 2.75) is 6.17 Å². The molecule has 0 fully saturated rings. The fourth-order valence-electron chi connectivity index (χ4n) is 2.47. The summed E-state index contributed by atoms with van der Waals surface area (Å²) in [4.78, 5) is 25.3. The Balaban J connectivity index is 1.87. The van der Waals surface area contributed by atoms with Gasteiger partial charge in [-0.05, 0) is 24.3 Å². The highest BCUT2D eigenvalue weighted by Crippen LogP contribution is 2.15. The van der Waals surface area contributed by atoms with E-state index < -0.39 is 17.9 Å². The van der Waals surface area contributed by atoms with Crippen molar-refractivity contribution in [3.05, 3.63) is 102 Å². The van der Waals surface area contributed by atoms with E-state index in [9.17, 15) is 14.0 Å². The normalized spacial score (nSPS) is 11.4. The summed E-state index contributed by atoms with van der Waals surface area (Å²) in [5, 5.41) is 5.43. The van der Waals surface area contributed by atoms with Gasteiger partial charge in [0.05, 0.1) is 5.69 Å². The minimum atomic E-state index is -1.11.